The van der Waals surface area contributed by atoms with Crippen molar-refractivity contribution in [3.05, 3.63) is 74.7 Å². The highest BCUT2D eigenvalue weighted by atomic mass is 19.1. The van der Waals surface area contributed by atoms with Gasteiger partial charge in [0.05, 0.1) is 24.6 Å². The number of benzene rings is 2. The molecule has 0 saturated carbocycles. The summed E-state index contributed by atoms with van der Waals surface area (Å²) in [6, 6.07) is 11.2. The van der Waals surface area contributed by atoms with Gasteiger partial charge in [-0.1, -0.05) is 12.1 Å². The summed E-state index contributed by atoms with van der Waals surface area (Å²) in [6.07, 6.45) is 0. The van der Waals surface area contributed by atoms with Gasteiger partial charge in [-0.3, -0.25) is 13.9 Å². The second-order valence-corrected chi connectivity index (χ2v) is 7.19. The van der Waals surface area contributed by atoms with E-state index in [4.69, 9.17) is 4.74 Å². The Morgan fingerprint density at radius 1 is 1.04 bits per heavy atom. The third kappa shape index (κ3) is 3.14. The van der Waals surface area contributed by atoms with Crippen LogP contribution in [0.5, 0.6) is 5.75 Å². The van der Waals surface area contributed by atoms with Crippen LogP contribution in [0.1, 0.15) is 26.3 Å². The van der Waals surface area contributed by atoms with Crippen molar-refractivity contribution in [2.24, 2.45) is 0 Å². The van der Waals surface area contributed by atoms with Crippen molar-refractivity contribution in [2.75, 3.05) is 7.11 Å². The van der Waals surface area contributed by atoms with Crippen molar-refractivity contribution in [1.82, 2.24) is 9.13 Å². The summed E-state index contributed by atoms with van der Waals surface area (Å²) in [5, 5.41) is 0.188. The van der Waals surface area contributed by atoms with E-state index in [9.17, 15) is 14.0 Å². The summed E-state index contributed by atoms with van der Waals surface area (Å²) in [4.78, 5) is 25.9. The second-order valence-electron chi connectivity index (χ2n) is 7.19. The monoisotopic (exact) mass is 356 g/mol. The molecular formula is C20H21FN2O3. The molecule has 0 N–H and O–H groups in total. The third-order valence-corrected chi connectivity index (χ3v) is 4.28. The molecule has 0 amide bonds. The highest BCUT2D eigenvalue weighted by Crippen LogP contribution is 2.17. The summed E-state index contributed by atoms with van der Waals surface area (Å²) in [5.41, 5.74) is -0.341. The second kappa shape index (κ2) is 6.44. The van der Waals surface area contributed by atoms with Crippen molar-refractivity contribution in [3.8, 4) is 5.75 Å². The predicted molar refractivity (Wildman–Crippen MR) is 99.5 cm³/mol. The Morgan fingerprint density at radius 3 is 2.27 bits per heavy atom. The molecule has 0 saturated heterocycles. The molecule has 136 valence electrons. The van der Waals surface area contributed by atoms with Gasteiger partial charge in [-0.15, -0.1) is 0 Å². The smallest absolute Gasteiger partial charge is 0.332 e. The average molecular weight is 356 g/mol. The normalized spacial score (nSPS) is 11.7. The minimum Gasteiger partial charge on any atom is -0.497 e. The molecule has 0 bridgehead atoms. The number of methoxy groups -OCH3 is 1. The minimum atomic E-state index is -0.726. The lowest BCUT2D eigenvalue weighted by Crippen LogP contribution is -2.47. The lowest BCUT2D eigenvalue weighted by atomic mass is 10.1. The van der Waals surface area contributed by atoms with Gasteiger partial charge < -0.3 is 4.74 Å². The van der Waals surface area contributed by atoms with Gasteiger partial charge in [-0.05, 0) is 56.7 Å². The largest absolute Gasteiger partial charge is 0.497 e. The molecule has 0 radical (unpaired) electrons. The molecule has 3 aromatic rings. The standard InChI is InChI=1S/C20H21FN2O3/c1-20(2,3)23-18(24)16-11-14(21)7-10-17(16)22(19(23)25)12-13-5-8-15(26-4)9-6-13/h5-11H,12H2,1-4H3. The fourth-order valence-electron chi connectivity index (χ4n) is 3.00. The number of ether oxygens (including phenoxy) is 1. The van der Waals surface area contributed by atoms with Gasteiger partial charge in [0, 0.05) is 5.54 Å². The van der Waals surface area contributed by atoms with Crippen LogP contribution in [-0.2, 0) is 12.1 Å². The highest BCUT2D eigenvalue weighted by Gasteiger charge is 2.22. The quantitative estimate of drug-likeness (QED) is 0.725. The number of fused-ring (bicyclic) bond motifs is 1. The molecule has 0 aliphatic rings. The Kier molecular flexibility index (Phi) is 4.44. The molecule has 5 nitrogen and oxygen atoms in total. The number of rotatable bonds is 3. The Labute approximate surface area is 150 Å². The first-order chi connectivity index (χ1) is 12.2. The predicted octanol–water partition coefficient (Wildman–Crippen LogP) is 3.11. The zero-order valence-corrected chi connectivity index (χ0v) is 15.2. The fraction of sp³-hybridized carbons (Fsp3) is 0.300. The van der Waals surface area contributed by atoms with Crippen LogP contribution in [0.4, 0.5) is 4.39 Å². The Morgan fingerprint density at radius 2 is 1.69 bits per heavy atom. The lowest BCUT2D eigenvalue weighted by Gasteiger charge is -2.24. The van der Waals surface area contributed by atoms with Crippen LogP contribution in [0, 0.1) is 5.82 Å². The Bertz CT molecular complexity index is 1070. The van der Waals surface area contributed by atoms with Crippen LogP contribution in [0.25, 0.3) is 10.9 Å². The molecule has 0 spiro atoms. The molecule has 0 atom stereocenters. The molecule has 6 heteroatoms. The van der Waals surface area contributed by atoms with Gasteiger partial charge in [0.15, 0.2) is 0 Å². The van der Waals surface area contributed by atoms with E-state index >= 15 is 0 Å². The van der Waals surface area contributed by atoms with Crippen LogP contribution in [0.15, 0.2) is 52.1 Å². The van der Waals surface area contributed by atoms with E-state index in [0.717, 1.165) is 5.56 Å². The Balaban J connectivity index is 2.29. The summed E-state index contributed by atoms with van der Waals surface area (Å²) >= 11 is 0. The molecule has 0 aliphatic heterocycles. The Hall–Kier alpha value is -2.89. The van der Waals surface area contributed by atoms with E-state index in [0.29, 0.717) is 11.3 Å². The summed E-state index contributed by atoms with van der Waals surface area (Å²) < 4.78 is 21.6. The number of halogens is 1. The molecule has 1 heterocycles. The van der Waals surface area contributed by atoms with Gasteiger partial charge in [0.2, 0.25) is 0 Å². The minimum absolute atomic E-state index is 0.188. The molecule has 2 aromatic carbocycles. The van der Waals surface area contributed by atoms with Crippen molar-refractivity contribution in [2.45, 2.75) is 32.9 Å². The van der Waals surface area contributed by atoms with Crippen LogP contribution in [0.2, 0.25) is 0 Å². The first-order valence-corrected chi connectivity index (χ1v) is 8.31. The number of hydrogen-bond acceptors (Lipinski definition) is 3. The van der Waals surface area contributed by atoms with Crippen molar-refractivity contribution in [3.63, 3.8) is 0 Å². The van der Waals surface area contributed by atoms with E-state index in [1.165, 1.54) is 27.3 Å². The van der Waals surface area contributed by atoms with Crippen molar-refractivity contribution >= 4 is 10.9 Å². The molecule has 0 unspecified atom stereocenters. The van der Waals surface area contributed by atoms with E-state index in [1.54, 1.807) is 27.9 Å². The maximum Gasteiger partial charge on any atom is 0.332 e. The molecule has 1 aromatic heterocycles. The van der Waals surface area contributed by atoms with Gasteiger partial charge >= 0.3 is 5.69 Å². The van der Waals surface area contributed by atoms with Crippen molar-refractivity contribution < 1.29 is 9.13 Å². The molecule has 26 heavy (non-hydrogen) atoms. The zero-order chi connectivity index (χ0) is 19.1. The van der Waals surface area contributed by atoms with Crippen LogP contribution in [0.3, 0.4) is 0 Å². The van der Waals surface area contributed by atoms with Gasteiger partial charge in [-0.25, -0.2) is 9.18 Å². The van der Waals surface area contributed by atoms with E-state index < -0.39 is 22.6 Å². The maximum atomic E-state index is 13.7. The van der Waals surface area contributed by atoms with Crippen LogP contribution >= 0.6 is 0 Å². The summed E-state index contributed by atoms with van der Waals surface area (Å²) in [6.45, 7) is 5.59. The molecule has 0 aliphatic carbocycles. The first kappa shape index (κ1) is 17.9. The zero-order valence-electron chi connectivity index (χ0n) is 15.2. The molecule has 0 fully saturated rings. The summed E-state index contributed by atoms with van der Waals surface area (Å²) in [5.74, 6) is 0.206. The van der Waals surface area contributed by atoms with Crippen molar-refractivity contribution in [1.29, 1.82) is 0 Å². The fourth-order valence-corrected chi connectivity index (χ4v) is 3.00. The average Bonchev–Trinajstić information content (AvgIpc) is 2.58. The van der Waals surface area contributed by atoms with Gasteiger partial charge in [-0.2, -0.15) is 0 Å². The third-order valence-electron chi connectivity index (χ3n) is 4.28. The number of nitrogens with zero attached hydrogens (tertiary/aromatic N) is 2. The lowest BCUT2D eigenvalue weighted by molar-refractivity contribution is 0.360. The van der Waals surface area contributed by atoms with Gasteiger partial charge in [0.1, 0.15) is 11.6 Å². The van der Waals surface area contributed by atoms with Gasteiger partial charge in [0.25, 0.3) is 5.56 Å². The van der Waals surface area contributed by atoms with E-state index in [2.05, 4.69) is 0 Å². The van der Waals surface area contributed by atoms with E-state index in [1.807, 2.05) is 24.3 Å². The van der Waals surface area contributed by atoms with Crippen LogP contribution in [-0.4, -0.2) is 16.2 Å². The number of aromatic nitrogens is 2. The first-order valence-electron chi connectivity index (χ1n) is 8.31. The van der Waals surface area contributed by atoms with Crippen LogP contribution < -0.4 is 16.0 Å². The SMILES string of the molecule is COc1ccc(Cn2c(=O)n(C(C)(C)C)c(=O)c3cc(F)ccc32)cc1. The topological polar surface area (TPSA) is 53.2 Å². The molecule has 3 rings (SSSR count). The van der Waals surface area contributed by atoms with E-state index in [-0.39, 0.29) is 11.9 Å². The highest BCUT2D eigenvalue weighted by molar-refractivity contribution is 5.78. The molecular weight excluding hydrogens is 335 g/mol. The number of hydrogen-bond donors (Lipinski definition) is 0. The maximum absolute atomic E-state index is 13.7. The summed E-state index contributed by atoms with van der Waals surface area (Å²) in [7, 11) is 1.58.